The van der Waals surface area contributed by atoms with Crippen LogP contribution in [0.5, 0.6) is 0 Å². The molecule has 0 bridgehead atoms. The number of amides is 1. The fourth-order valence-corrected chi connectivity index (χ4v) is 2.48. The van der Waals surface area contributed by atoms with Crippen molar-refractivity contribution < 1.29 is 4.79 Å². The predicted molar refractivity (Wildman–Crippen MR) is 97.3 cm³/mol. The summed E-state index contributed by atoms with van der Waals surface area (Å²) < 4.78 is 1.04. The number of carbonyl (C=O) groups excluding carboxylic acids is 1. The van der Waals surface area contributed by atoms with Crippen LogP contribution in [0.3, 0.4) is 0 Å². The van der Waals surface area contributed by atoms with Gasteiger partial charge in [-0.15, -0.1) is 0 Å². The Labute approximate surface area is 145 Å². The standard InChI is InChI=1S/C17H21BrN4O/c1-12-10-14(18)5-6-15(12)21-16-7-4-13(11-20-16)17(23)19-8-9-22(2)3/h4-7,10-11H,8-9H2,1-3H3,(H,19,23)(H,20,21). The molecular weight excluding hydrogens is 356 g/mol. The van der Waals surface area contributed by atoms with E-state index < -0.39 is 0 Å². The fourth-order valence-electron chi connectivity index (χ4n) is 2.00. The largest absolute Gasteiger partial charge is 0.351 e. The van der Waals surface area contributed by atoms with Gasteiger partial charge in [-0.05, 0) is 56.9 Å². The van der Waals surface area contributed by atoms with Gasteiger partial charge in [0, 0.05) is 29.4 Å². The maximum atomic E-state index is 12.0. The van der Waals surface area contributed by atoms with Gasteiger partial charge in [0.15, 0.2) is 0 Å². The molecule has 1 heterocycles. The van der Waals surface area contributed by atoms with Crippen molar-refractivity contribution in [1.29, 1.82) is 0 Å². The highest BCUT2D eigenvalue weighted by molar-refractivity contribution is 9.10. The monoisotopic (exact) mass is 376 g/mol. The molecule has 0 atom stereocenters. The summed E-state index contributed by atoms with van der Waals surface area (Å²) >= 11 is 3.45. The van der Waals surface area contributed by atoms with Gasteiger partial charge in [0.25, 0.3) is 5.91 Å². The predicted octanol–water partition coefficient (Wildman–Crippen LogP) is 3.19. The van der Waals surface area contributed by atoms with E-state index in [9.17, 15) is 4.79 Å². The number of hydrogen-bond acceptors (Lipinski definition) is 4. The van der Waals surface area contributed by atoms with E-state index in [0.717, 1.165) is 22.3 Å². The van der Waals surface area contributed by atoms with Crippen LogP contribution in [0.4, 0.5) is 11.5 Å². The van der Waals surface area contributed by atoms with E-state index >= 15 is 0 Å². The third-order valence-electron chi connectivity index (χ3n) is 3.32. The van der Waals surface area contributed by atoms with E-state index in [1.165, 1.54) is 0 Å². The van der Waals surface area contributed by atoms with Crippen molar-refractivity contribution in [1.82, 2.24) is 15.2 Å². The van der Waals surface area contributed by atoms with Gasteiger partial charge in [0.1, 0.15) is 5.82 Å². The molecule has 6 heteroatoms. The molecule has 2 N–H and O–H groups in total. The average Bonchev–Trinajstić information content (AvgIpc) is 2.50. The van der Waals surface area contributed by atoms with E-state index in [1.54, 1.807) is 12.3 Å². The fraction of sp³-hybridized carbons (Fsp3) is 0.294. The Balaban J connectivity index is 1.97. The van der Waals surface area contributed by atoms with Gasteiger partial charge in [0.2, 0.25) is 0 Å². The van der Waals surface area contributed by atoms with Crippen LogP contribution in [0.1, 0.15) is 15.9 Å². The molecule has 0 fully saturated rings. The van der Waals surface area contributed by atoms with E-state index in [4.69, 9.17) is 0 Å². The Morgan fingerprint density at radius 3 is 2.65 bits per heavy atom. The molecule has 5 nitrogen and oxygen atoms in total. The SMILES string of the molecule is Cc1cc(Br)ccc1Nc1ccc(C(=O)NCCN(C)C)cn1. The Hall–Kier alpha value is -1.92. The number of carbonyl (C=O) groups is 1. The van der Waals surface area contributed by atoms with Crippen LogP contribution in [-0.4, -0.2) is 43.0 Å². The molecule has 122 valence electrons. The maximum Gasteiger partial charge on any atom is 0.252 e. The van der Waals surface area contributed by atoms with Crippen molar-refractivity contribution in [2.45, 2.75) is 6.92 Å². The number of anilines is 2. The molecule has 1 aromatic carbocycles. The van der Waals surface area contributed by atoms with E-state index in [1.807, 2.05) is 50.2 Å². The maximum absolute atomic E-state index is 12.0. The molecule has 0 unspecified atom stereocenters. The number of rotatable bonds is 6. The highest BCUT2D eigenvalue weighted by Crippen LogP contribution is 2.22. The highest BCUT2D eigenvalue weighted by Gasteiger charge is 2.06. The quantitative estimate of drug-likeness (QED) is 0.812. The van der Waals surface area contributed by atoms with Gasteiger partial charge in [-0.1, -0.05) is 15.9 Å². The van der Waals surface area contributed by atoms with Gasteiger partial charge in [0.05, 0.1) is 5.56 Å². The topological polar surface area (TPSA) is 57.3 Å². The number of benzene rings is 1. The second-order valence-electron chi connectivity index (χ2n) is 5.58. The Bertz CT molecular complexity index is 671. The van der Waals surface area contributed by atoms with Crippen molar-refractivity contribution in [2.24, 2.45) is 0 Å². The van der Waals surface area contributed by atoms with Crippen molar-refractivity contribution in [2.75, 3.05) is 32.5 Å². The van der Waals surface area contributed by atoms with Crippen LogP contribution in [-0.2, 0) is 0 Å². The minimum Gasteiger partial charge on any atom is -0.351 e. The molecule has 2 aromatic rings. The molecule has 0 saturated carbocycles. The second kappa shape index (κ2) is 8.08. The summed E-state index contributed by atoms with van der Waals surface area (Å²) in [6.07, 6.45) is 1.58. The van der Waals surface area contributed by atoms with E-state index in [0.29, 0.717) is 17.9 Å². The zero-order valence-electron chi connectivity index (χ0n) is 13.6. The molecule has 0 saturated heterocycles. The van der Waals surface area contributed by atoms with E-state index in [-0.39, 0.29) is 5.91 Å². The molecule has 0 aliphatic rings. The Kier molecular flexibility index (Phi) is 6.12. The molecular formula is C17H21BrN4O. The van der Waals surface area contributed by atoms with E-state index in [2.05, 4.69) is 31.5 Å². The highest BCUT2D eigenvalue weighted by atomic mass is 79.9. The smallest absolute Gasteiger partial charge is 0.252 e. The van der Waals surface area contributed by atoms with Gasteiger partial charge in [-0.3, -0.25) is 4.79 Å². The van der Waals surface area contributed by atoms with Crippen LogP contribution >= 0.6 is 15.9 Å². The third kappa shape index (κ3) is 5.33. The zero-order chi connectivity index (χ0) is 16.8. The molecule has 2 rings (SSSR count). The minimum atomic E-state index is -0.106. The van der Waals surface area contributed by atoms with Crippen molar-refractivity contribution in [3.8, 4) is 0 Å². The first-order chi connectivity index (χ1) is 11.0. The summed E-state index contributed by atoms with van der Waals surface area (Å²) in [6.45, 7) is 3.45. The second-order valence-corrected chi connectivity index (χ2v) is 6.49. The molecule has 0 spiro atoms. The molecule has 1 amide bonds. The zero-order valence-corrected chi connectivity index (χ0v) is 15.1. The first-order valence-electron chi connectivity index (χ1n) is 7.38. The van der Waals surface area contributed by atoms with Crippen molar-refractivity contribution >= 4 is 33.3 Å². The van der Waals surface area contributed by atoms with Crippen LogP contribution in [0, 0.1) is 6.92 Å². The number of aryl methyl sites for hydroxylation is 1. The summed E-state index contributed by atoms with van der Waals surface area (Å²) in [4.78, 5) is 18.3. The number of nitrogens with one attached hydrogen (secondary N) is 2. The number of aromatic nitrogens is 1. The van der Waals surface area contributed by atoms with Gasteiger partial charge in [-0.2, -0.15) is 0 Å². The van der Waals surface area contributed by atoms with Crippen LogP contribution in [0.15, 0.2) is 41.0 Å². The summed E-state index contributed by atoms with van der Waals surface area (Å²) in [5.41, 5.74) is 2.66. The summed E-state index contributed by atoms with van der Waals surface area (Å²) in [5, 5.41) is 6.12. The average molecular weight is 377 g/mol. The lowest BCUT2D eigenvalue weighted by atomic mass is 10.2. The van der Waals surface area contributed by atoms with Gasteiger partial charge >= 0.3 is 0 Å². The lowest BCUT2D eigenvalue weighted by Crippen LogP contribution is -2.31. The Morgan fingerprint density at radius 1 is 1.26 bits per heavy atom. The van der Waals surface area contributed by atoms with Crippen LogP contribution in [0.25, 0.3) is 0 Å². The number of halogens is 1. The summed E-state index contributed by atoms with van der Waals surface area (Å²) in [7, 11) is 3.94. The molecule has 0 aliphatic heterocycles. The van der Waals surface area contributed by atoms with Gasteiger partial charge < -0.3 is 15.5 Å². The number of likely N-dealkylation sites (N-methyl/N-ethyl adjacent to an activating group) is 1. The number of nitrogens with zero attached hydrogens (tertiary/aromatic N) is 2. The normalized spacial score (nSPS) is 10.7. The molecule has 0 radical (unpaired) electrons. The number of hydrogen-bond donors (Lipinski definition) is 2. The molecule has 1 aromatic heterocycles. The summed E-state index contributed by atoms with van der Waals surface area (Å²) in [5.74, 6) is 0.603. The molecule has 23 heavy (non-hydrogen) atoms. The minimum absolute atomic E-state index is 0.106. The van der Waals surface area contributed by atoms with Crippen LogP contribution < -0.4 is 10.6 Å². The lowest BCUT2D eigenvalue weighted by Gasteiger charge is -2.11. The Morgan fingerprint density at radius 2 is 2.04 bits per heavy atom. The molecule has 0 aliphatic carbocycles. The van der Waals surface area contributed by atoms with Gasteiger partial charge in [-0.25, -0.2) is 4.98 Å². The van der Waals surface area contributed by atoms with Crippen LogP contribution in [0.2, 0.25) is 0 Å². The first-order valence-corrected chi connectivity index (χ1v) is 8.17. The summed E-state index contributed by atoms with van der Waals surface area (Å²) in [6, 6.07) is 9.58. The third-order valence-corrected chi connectivity index (χ3v) is 3.81. The van der Waals surface area contributed by atoms with Crippen molar-refractivity contribution in [3.05, 3.63) is 52.1 Å². The number of pyridine rings is 1. The first kappa shape index (κ1) is 17.4. The lowest BCUT2D eigenvalue weighted by molar-refractivity contribution is 0.0950. The van der Waals surface area contributed by atoms with Crippen molar-refractivity contribution in [3.63, 3.8) is 0 Å².